The average molecular weight is 486 g/mol. The molecule has 0 unspecified atom stereocenters. The van der Waals surface area contributed by atoms with Gasteiger partial charge in [0.2, 0.25) is 11.8 Å². The first-order valence-electron chi connectivity index (χ1n) is 10.9. The Balaban J connectivity index is 0.0000102. The van der Waals surface area contributed by atoms with Gasteiger partial charge in [0.25, 0.3) is 0 Å². The second kappa shape index (κ2) is 18.7. The number of nitrogens with one attached hydrogen (secondary N) is 4. The minimum Gasteiger partial charge on any atom is -0.461 e. The Bertz CT molecular complexity index is 720. The molecular formula is C22H36ClN5O5. The normalized spacial score (nSPS) is 10.9. The highest BCUT2D eigenvalue weighted by Gasteiger charge is 2.15. The first kappa shape index (κ1) is 30.2. The number of esters is 1. The number of hydrogen-bond donors (Lipinski definition) is 6. The Morgan fingerprint density at radius 1 is 0.939 bits per heavy atom. The summed E-state index contributed by atoms with van der Waals surface area (Å²) in [4.78, 5) is 35.4. The van der Waals surface area contributed by atoms with E-state index in [0.717, 1.165) is 31.2 Å². The van der Waals surface area contributed by atoms with Crippen LogP contribution in [0.4, 0.5) is 0 Å². The number of aliphatic hydroxyl groups is 1. The Morgan fingerprint density at radius 3 is 2.33 bits per heavy atom. The number of guanidine groups is 1. The van der Waals surface area contributed by atoms with Crippen LogP contribution in [0.15, 0.2) is 30.3 Å². The molecule has 10 nitrogen and oxygen atoms in total. The van der Waals surface area contributed by atoms with Crippen LogP contribution in [0.3, 0.4) is 0 Å². The van der Waals surface area contributed by atoms with Gasteiger partial charge in [0.05, 0.1) is 6.42 Å². The van der Waals surface area contributed by atoms with E-state index >= 15 is 0 Å². The number of amides is 2. The highest BCUT2D eigenvalue weighted by atomic mass is 35.5. The van der Waals surface area contributed by atoms with Crippen LogP contribution in [0.5, 0.6) is 0 Å². The van der Waals surface area contributed by atoms with Crippen LogP contribution in [-0.4, -0.2) is 54.6 Å². The first-order chi connectivity index (χ1) is 15.4. The highest BCUT2D eigenvalue weighted by Crippen LogP contribution is 2.03. The third-order valence-electron chi connectivity index (χ3n) is 4.56. The van der Waals surface area contributed by atoms with Crippen molar-refractivity contribution in [2.24, 2.45) is 5.73 Å². The smallest absolute Gasteiger partial charge is 0.307 e. The van der Waals surface area contributed by atoms with Crippen molar-refractivity contribution in [3.8, 4) is 0 Å². The van der Waals surface area contributed by atoms with E-state index in [1.54, 1.807) is 0 Å². The molecule has 0 radical (unpaired) electrons. The molecule has 2 amide bonds. The molecule has 0 heterocycles. The molecule has 0 saturated carbocycles. The maximum Gasteiger partial charge on any atom is 0.307 e. The standard InChI is InChI=1S/C22H35N5O5.ClH/c23-22(24)27-13-7-2-1-6-10-19(29)25-14-11-18(28)21(31)26-15-12-20(30)32-16-17-8-4-3-5-9-17;/h3-5,8-9,18,28H,1-2,6-7,10-16H2,(H,25,29)(H,26,31)(H4,23,24,27);1H/t18-;/m0./s1. The molecule has 186 valence electrons. The monoisotopic (exact) mass is 485 g/mol. The van der Waals surface area contributed by atoms with Gasteiger partial charge in [-0.2, -0.15) is 0 Å². The van der Waals surface area contributed by atoms with E-state index < -0.39 is 18.0 Å². The van der Waals surface area contributed by atoms with Gasteiger partial charge in [-0.15, -0.1) is 12.4 Å². The molecule has 0 aliphatic heterocycles. The first-order valence-corrected chi connectivity index (χ1v) is 10.9. The van der Waals surface area contributed by atoms with Gasteiger partial charge >= 0.3 is 5.97 Å². The number of halogens is 1. The van der Waals surface area contributed by atoms with Gasteiger partial charge < -0.3 is 31.5 Å². The van der Waals surface area contributed by atoms with Crippen LogP contribution in [0.1, 0.15) is 50.5 Å². The molecular weight excluding hydrogens is 450 g/mol. The number of carbonyl (C=O) groups is 3. The van der Waals surface area contributed by atoms with E-state index in [-0.39, 0.29) is 56.8 Å². The fraction of sp³-hybridized carbons (Fsp3) is 0.545. The third kappa shape index (κ3) is 16.4. The van der Waals surface area contributed by atoms with Gasteiger partial charge in [0.15, 0.2) is 5.96 Å². The second-order valence-corrected chi connectivity index (χ2v) is 7.35. The maximum atomic E-state index is 11.9. The predicted molar refractivity (Wildman–Crippen MR) is 128 cm³/mol. The Hall–Kier alpha value is -2.85. The number of carbonyl (C=O) groups excluding carboxylic acids is 3. The largest absolute Gasteiger partial charge is 0.461 e. The fourth-order valence-corrected chi connectivity index (χ4v) is 2.77. The molecule has 0 aliphatic rings. The van der Waals surface area contributed by atoms with Crippen molar-refractivity contribution in [2.75, 3.05) is 19.6 Å². The van der Waals surface area contributed by atoms with Crippen LogP contribution < -0.4 is 21.7 Å². The van der Waals surface area contributed by atoms with Crippen molar-refractivity contribution in [1.82, 2.24) is 16.0 Å². The van der Waals surface area contributed by atoms with Crippen LogP contribution in [0, 0.1) is 5.41 Å². The van der Waals surface area contributed by atoms with Crippen LogP contribution in [0.25, 0.3) is 0 Å². The Labute approximate surface area is 200 Å². The third-order valence-corrected chi connectivity index (χ3v) is 4.56. The lowest BCUT2D eigenvalue weighted by Crippen LogP contribution is -2.38. The summed E-state index contributed by atoms with van der Waals surface area (Å²) >= 11 is 0. The summed E-state index contributed by atoms with van der Waals surface area (Å²) in [5, 5.41) is 24.8. The number of nitrogens with two attached hydrogens (primary N) is 1. The van der Waals surface area contributed by atoms with Gasteiger partial charge in [-0.1, -0.05) is 43.2 Å². The predicted octanol–water partition coefficient (Wildman–Crippen LogP) is 0.959. The molecule has 1 atom stereocenters. The summed E-state index contributed by atoms with van der Waals surface area (Å²) in [6.45, 7) is 1.08. The summed E-state index contributed by atoms with van der Waals surface area (Å²) in [7, 11) is 0. The molecule has 0 bridgehead atoms. The molecule has 0 aromatic heterocycles. The molecule has 0 aliphatic carbocycles. The van der Waals surface area contributed by atoms with Crippen molar-refractivity contribution in [3.63, 3.8) is 0 Å². The second-order valence-electron chi connectivity index (χ2n) is 7.35. The summed E-state index contributed by atoms with van der Waals surface area (Å²) in [6, 6.07) is 9.27. The van der Waals surface area contributed by atoms with Crippen molar-refractivity contribution in [2.45, 2.75) is 57.7 Å². The summed E-state index contributed by atoms with van der Waals surface area (Å²) < 4.78 is 5.11. The molecule has 0 spiro atoms. The molecule has 1 rings (SSSR count). The molecule has 0 fully saturated rings. The van der Waals surface area contributed by atoms with Gasteiger partial charge in [0.1, 0.15) is 12.7 Å². The molecule has 33 heavy (non-hydrogen) atoms. The van der Waals surface area contributed by atoms with E-state index in [9.17, 15) is 19.5 Å². The van der Waals surface area contributed by atoms with Gasteiger partial charge in [-0.05, 0) is 24.8 Å². The van der Waals surface area contributed by atoms with Crippen molar-refractivity contribution < 1.29 is 24.2 Å². The van der Waals surface area contributed by atoms with Gasteiger partial charge in [-0.25, -0.2) is 0 Å². The molecule has 0 saturated heterocycles. The topological polar surface area (TPSA) is 167 Å². The van der Waals surface area contributed by atoms with E-state index in [1.165, 1.54) is 0 Å². The lowest BCUT2D eigenvalue weighted by molar-refractivity contribution is -0.145. The van der Waals surface area contributed by atoms with E-state index in [4.69, 9.17) is 15.9 Å². The van der Waals surface area contributed by atoms with E-state index in [0.29, 0.717) is 13.0 Å². The SMILES string of the molecule is Cl.N=C(N)NCCCCCCC(=O)NCC[C@H](O)C(=O)NCCC(=O)OCc1ccccc1. The maximum absolute atomic E-state index is 11.9. The van der Waals surface area contributed by atoms with Crippen molar-refractivity contribution in [1.29, 1.82) is 5.41 Å². The lowest BCUT2D eigenvalue weighted by atomic mass is 10.1. The van der Waals surface area contributed by atoms with Crippen molar-refractivity contribution >= 4 is 36.2 Å². The van der Waals surface area contributed by atoms with Crippen LogP contribution >= 0.6 is 12.4 Å². The molecule has 11 heteroatoms. The average Bonchev–Trinajstić information content (AvgIpc) is 2.77. The quantitative estimate of drug-likeness (QED) is 0.0877. The minimum absolute atomic E-state index is 0. The molecule has 1 aromatic carbocycles. The Kier molecular flexibility index (Phi) is 17.1. The zero-order valence-corrected chi connectivity index (χ0v) is 19.6. The van der Waals surface area contributed by atoms with Crippen LogP contribution in [0.2, 0.25) is 0 Å². The zero-order chi connectivity index (χ0) is 23.6. The number of hydrogen-bond acceptors (Lipinski definition) is 6. The summed E-state index contributed by atoms with van der Waals surface area (Å²) in [6.07, 6.45) is 2.68. The minimum atomic E-state index is -1.26. The number of aliphatic hydroxyl groups excluding tert-OH is 1. The number of ether oxygens (including phenoxy) is 1. The fourth-order valence-electron chi connectivity index (χ4n) is 2.77. The Morgan fingerprint density at radius 2 is 1.64 bits per heavy atom. The molecule has 1 aromatic rings. The summed E-state index contributed by atoms with van der Waals surface area (Å²) in [5.74, 6) is -1.19. The van der Waals surface area contributed by atoms with Crippen molar-refractivity contribution in [3.05, 3.63) is 35.9 Å². The van der Waals surface area contributed by atoms with Crippen LogP contribution in [-0.2, 0) is 25.7 Å². The number of unbranched alkanes of at least 4 members (excludes halogenated alkanes) is 3. The molecule has 7 N–H and O–H groups in total. The highest BCUT2D eigenvalue weighted by molar-refractivity contribution is 5.85. The summed E-state index contributed by atoms with van der Waals surface area (Å²) in [5.41, 5.74) is 6.06. The van der Waals surface area contributed by atoms with E-state index in [2.05, 4.69) is 16.0 Å². The van der Waals surface area contributed by atoms with Gasteiger partial charge in [-0.3, -0.25) is 19.8 Å². The number of benzene rings is 1. The van der Waals surface area contributed by atoms with E-state index in [1.807, 2.05) is 30.3 Å². The van der Waals surface area contributed by atoms with Gasteiger partial charge in [0, 0.05) is 26.1 Å². The zero-order valence-electron chi connectivity index (χ0n) is 18.8. The lowest BCUT2D eigenvalue weighted by Gasteiger charge is -2.12. The number of rotatable bonds is 16.